The maximum atomic E-state index is 11.1. The number of benzene rings is 1. The van der Waals surface area contributed by atoms with Crippen molar-refractivity contribution < 1.29 is 4.79 Å². The lowest BCUT2D eigenvalue weighted by Gasteiger charge is -2.27. The Morgan fingerprint density at radius 2 is 2.06 bits per heavy atom. The van der Waals surface area contributed by atoms with Gasteiger partial charge in [-0.3, -0.25) is 4.79 Å². The first-order chi connectivity index (χ1) is 8.65. The van der Waals surface area contributed by atoms with Crippen LogP contribution in [0.2, 0.25) is 0 Å². The number of hydrogen-bond donors (Lipinski definition) is 2. The highest BCUT2D eigenvalue weighted by Crippen LogP contribution is 2.24. The second-order valence-electron chi connectivity index (χ2n) is 4.96. The maximum absolute atomic E-state index is 11.1. The van der Waals surface area contributed by atoms with Crippen LogP contribution in [0.5, 0.6) is 0 Å². The molecule has 3 nitrogen and oxygen atoms in total. The minimum absolute atomic E-state index is 0.0916. The Labute approximate surface area is 116 Å². The molecule has 0 spiro atoms. The van der Waals surface area contributed by atoms with Gasteiger partial charge < -0.3 is 11.1 Å². The first-order valence-corrected chi connectivity index (χ1v) is 7.21. The molecular weight excluding hydrogens is 292 g/mol. The van der Waals surface area contributed by atoms with Gasteiger partial charge in [0.1, 0.15) is 0 Å². The van der Waals surface area contributed by atoms with Crippen molar-refractivity contribution in [3.05, 3.63) is 34.3 Å². The number of carbonyl (C=O) groups is 1. The smallest absolute Gasteiger partial charge is 0.220 e. The summed E-state index contributed by atoms with van der Waals surface area (Å²) in [4.78, 5) is 11.1. The normalized spacial score (nSPS) is 23.8. The SMILES string of the molecule is NC(=O)C1CCC(NCc2cccc(Br)c2)CC1. The summed E-state index contributed by atoms with van der Waals surface area (Å²) in [7, 11) is 0. The highest BCUT2D eigenvalue weighted by molar-refractivity contribution is 9.10. The third-order valence-corrected chi connectivity index (χ3v) is 4.11. The fourth-order valence-corrected chi connectivity index (χ4v) is 2.94. The van der Waals surface area contributed by atoms with E-state index >= 15 is 0 Å². The second-order valence-corrected chi connectivity index (χ2v) is 5.88. The predicted molar refractivity (Wildman–Crippen MR) is 75.9 cm³/mol. The molecule has 0 bridgehead atoms. The van der Waals surface area contributed by atoms with E-state index in [4.69, 9.17) is 5.73 Å². The molecule has 0 atom stereocenters. The molecule has 18 heavy (non-hydrogen) atoms. The Bertz CT molecular complexity index is 414. The lowest BCUT2D eigenvalue weighted by molar-refractivity contribution is -0.122. The molecule has 1 aliphatic rings. The third kappa shape index (κ3) is 3.82. The summed E-state index contributed by atoms with van der Waals surface area (Å²) in [5, 5.41) is 3.55. The Morgan fingerprint density at radius 1 is 1.33 bits per heavy atom. The van der Waals surface area contributed by atoms with Crippen LogP contribution in [0.15, 0.2) is 28.7 Å². The zero-order chi connectivity index (χ0) is 13.0. The Morgan fingerprint density at radius 3 is 2.67 bits per heavy atom. The van der Waals surface area contributed by atoms with E-state index in [9.17, 15) is 4.79 Å². The van der Waals surface area contributed by atoms with E-state index < -0.39 is 0 Å². The zero-order valence-corrected chi connectivity index (χ0v) is 11.9. The molecule has 1 aliphatic carbocycles. The van der Waals surface area contributed by atoms with E-state index in [0.29, 0.717) is 6.04 Å². The van der Waals surface area contributed by atoms with Crippen molar-refractivity contribution in [1.29, 1.82) is 0 Å². The van der Waals surface area contributed by atoms with Crippen molar-refractivity contribution in [2.75, 3.05) is 0 Å². The molecule has 3 N–H and O–H groups in total. The van der Waals surface area contributed by atoms with Gasteiger partial charge in [-0.25, -0.2) is 0 Å². The Kier molecular flexibility index (Phi) is 4.78. The van der Waals surface area contributed by atoms with Gasteiger partial charge >= 0.3 is 0 Å². The second kappa shape index (κ2) is 6.34. The molecule has 4 heteroatoms. The van der Waals surface area contributed by atoms with Crippen molar-refractivity contribution >= 4 is 21.8 Å². The molecule has 1 fully saturated rings. The van der Waals surface area contributed by atoms with E-state index in [1.165, 1.54) is 5.56 Å². The fraction of sp³-hybridized carbons (Fsp3) is 0.500. The van der Waals surface area contributed by atoms with Gasteiger partial charge in [0.2, 0.25) is 5.91 Å². The summed E-state index contributed by atoms with van der Waals surface area (Å²) in [6.45, 7) is 0.880. The molecule has 0 aliphatic heterocycles. The zero-order valence-electron chi connectivity index (χ0n) is 10.4. The molecule has 1 amide bonds. The van der Waals surface area contributed by atoms with Gasteiger partial charge in [-0.05, 0) is 43.4 Å². The molecule has 98 valence electrons. The highest BCUT2D eigenvalue weighted by atomic mass is 79.9. The number of hydrogen-bond acceptors (Lipinski definition) is 2. The molecule has 0 aromatic heterocycles. The summed E-state index contributed by atoms with van der Waals surface area (Å²) in [5.74, 6) is -0.0469. The van der Waals surface area contributed by atoms with E-state index in [-0.39, 0.29) is 11.8 Å². The van der Waals surface area contributed by atoms with Gasteiger partial charge in [0.25, 0.3) is 0 Å². The van der Waals surface area contributed by atoms with Gasteiger partial charge in [0.05, 0.1) is 0 Å². The lowest BCUT2D eigenvalue weighted by Crippen LogP contribution is -2.36. The molecule has 1 aromatic rings. The van der Waals surface area contributed by atoms with E-state index in [1.807, 2.05) is 12.1 Å². The first kappa shape index (κ1) is 13.6. The van der Waals surface area contributed by atoms with Crippen molar-refractivity contribution in [3.8, 4) is 0 Å². The van der Waals surface area contributed by atoms with Crippen LogP contribution in [0.1, 0.15) is 31.2 Å². The Balaban J connectivity index is 1.77. The van der Waals surface area contributed by atoms with Crippen molar-refractivity contribution in [3.63, 3.8) is 0 Å². The van der Waals surface area contributed by atoms with Crippen LogP contribution >= 0.6 is 15.9 Å². The van der Waals surface area contributed by atoms with Crippen LogP contribution in [0.4, 0.5) is 0 Å². The molecular formula is C14H19BrN2O. The number of halogens is 1. The van der Waals surface area contributed by atoms with Crippen molar-refractivity contribution in [1.82, 2.24) is 5.32 Å². The van der Waals surface area contributed by atoms with Gasteiger partial charge in [-0.1, -0.05) is 28.1 Å². The van der Waals surface area contributed by atoms with E-state index in [2.05, 4.69) is 33.4 Å². The number of carbonyl (C=O) groups excluding carboxylic acids is 1. The summed E-state index contributed by atoms with van der Waals surface area (Å²) in [6.07, 6.45) is 3.93. The van der Waals surface area contributed by atoms with E-state index in [0.717, 1.165) is 36.7 Å². The monoisotopic (exact) mass is 310 g/mol. The first-order valence-electron chi connectivity index (χ1n) is 6.42. The molecule has 0 saturated heterocycles. The van der Waals surface area contributed by atoms with Gasteiger partial charge in [0.15, 0.2) is 0 Å². The van der Waals surface area contributed by atoms with Crippen LogP contribution in [0.3, 0.4) is 0 Å². The van der Waals surface area contributed by atoms with Gasteiger partial charge in [-0.15, -0.1) is 0 Å². The summed E-state index contributed by atoms with van der Waals surface area (Å²) >= 11 is 3.47. The highest BCUT2D eigenvalue weighted by Gasteiger charge is 2.24. The molecule has 1 saturated carbocycles. The summed E-state index contributed by atoms with van der Waals surface area (Å²) in [6, 6.07) is 8.83. The van der Waals surface area contributed by atoms with Crippen LogP contribution in [0.25, 0.3) is 0 Å². The molecule has 0 heterocycles. The average molecular weight is 311 g/mol. The number of nitrogens with one attached hydrogen (secondary N) is 1. The topological polar surface area (TPSA) is 55.1 Å². The standard InChI is InChI=1S/C14H19BrN2O/c15-12-3-1-2-10(8-12)9-17-13-6-4-11(5-7-13)14(16)18/h1-3,8,11,13,17H,4-7,9H2,(H2,16,18). The number of rotatable bonds is 4. The maximum Gasteiger partial charge on any atom is 0.220 e. The van der Waals surface area contributed by atoms with Crippen LogP contribution in [-0.2, 0) is 11.3 Å². The summed E-state index contributed by atoms with van der Waals surface area (Å²) in [5.41, 5.74) is 6.61. The molecule has 1 aromatic carbocycles. The molecule has 0 radical (unpaired) electrons. The Hall–Kier alpha value is -0.870. The van der Waals surface area contributed by atoms with Gasteiger partial charge in [-0.2, -0.15) is 0 Å². The van der Waals surface area contributed by atoms with E-state index in [1.54, 1.807) is 0 Å². The largest absolute Gasteiger partial charge is 0.369 e. The third-order valence-electron chi connectivity index (χ3n) is 3.61. The predicted octanol–water partition coefficient (Wildman–Crippen LogP) is 2.58. The number of amides is 1. The van der Waals surface area contributed by atoms with Crippen LogP contribution in [-0.4, -0.2) is 11.9 Å². The lowest BCUT2D eigenvalue weighted by atomic mass is 9.85. The molecule has 2 rings (SSSR count). The fourth-order valence-electron chi connectivity index (χ4n) is 2.49. The van der Waals surface area contributed by atoms with Crippen LogP contribution < -0.4 is 11.1 Å². The van der Waals surface area contributed by atoms with Crippen molar-refractivity contribution in [2.24, 2.45) is 11.7 Å². The molecule has 0 unspecified atom stereocenters. The minimum atomic E-state index is -0.138. The quantitative estimate of drug-likeness (QED) is 0.898. The average Bonchev–Trinajstić information content (AvgIpc) is 2.37. The van der Waals surface area contributed by atoms with Crippen LogP contribution in [0, 0.1) is 5.92 Å². The summed E-state index contributed by atoms with van der Waals surface area (Å²) < 4.78 is 1.11. The van der Waals surface area contributed by atoms with Crippen molar-refractivity contribution in [2.45, 2.75) is 38.3 Å². The number of primary amides is 1. The van der Waals surface area contributed by atoms with Gasteiger partial charge in [0, 0.05) is 23.0 Å². The number of nitrogens with two attached hydrogens (primary N) is 1. The minimum Gasteiger partial charge on any atom is -0.369 e.